The van der Waals surface area contributed by atoms with Gasteiger partial charge in [0.2, 0.25) is 15.9 Å². The second-order valence-electron chi connectivity index (χ2n) is 12.7. The molecule has 236 valence electrons. The first-order valence-electron chi connectivity index (χ1n) is 15.0. The Hall–Kier alpha value is -2.51. The molecule has 0 spiro atoms. The SMILES string of the molecule is CC1(C)CC([C@H](c2ccc(F)cc2)[C@H](N)C(=O)Nc2ccc(F)c(F)c2CC[C@H]2CN[C@@H]3CCCS(=O)(=O)N2C3)CCO1. The molecule has 3 heterocycles. The Labute approximate surface area is 251 Å². The molecule has 2 unspecified atom stereocenters. The van der Waals surface area contributed by atoms with Crippen LogP contribution in [-0.4, -0.2) is 67.8 Å². The highest BCUT2D eigenvalue weighted by molar-refractivity contribution is 7.89. The minimum atomic E-state index is -3.45. The molecule has 3 fully saturated rings. The number of sulfonamides is 1. The van der Waals surface area contributed by atoms with Gasteiger partial charge < -0.3 is 21.1 Å². The molecule has 2 aromatic carbocycles. The second kappa shape index (κ2) is 12.8. The lowest BCUT2D eigenvalue weighted by Gasteiger charge is -2.41. The average molecular weight is 623 g/mol. The van der Waals surface area contributed by atoms with Crippen molar-refractivity contribution in [3.63, 3.8) is 0 Å². The van der Waals surface area contributed by atoms with Crippen molar-refractivity contribution in [3.8, 4) is 0 Å². The average Bonchev–Trinajstić information content (AvgIpc) is 3.07. The largest absolute Gasteiger partial charge is 0.376 e. The number of amides is 1. The lowest BCUT2D eigenvalue weighted by Crippen LogP contribution is -2.57. The third-order valence-electron chi connectivity index (χ3n) is 9.13. The van der Waals surface area contributed by atoms with E-state index in [1.165, 1.54) is 22.5 Å². The molecular weight excluding hydrogens is 581 g/mol. The molecule has 2 bridgehead atoms. The molecule has 4 N–H and O–H groups in total. The molecule has 0 aromatic heterocycles. The molecule has 8 nitrogen and oxygen atoms in total. The summed E-state index contributed by atoms with van der Waals surface area (Å²) in [7, 11) is -3.45. The Kier molecular flexibility index (Phi) is 9.53. The third-order valence-corrected chi connectivity index (χ3v) is 11.1. The summed E-state index contributed by atoms with van der Waals surface area (Å²) >= 11 is 0. The van der Waals surface area contributed by atoms with Gasteiger partial charge in [-0.25, -0.2) is 21.6 Å². The molecule has 1 amide bonds. The monoisotopic (exact) mass is 622 g/mol. The van der Waals surface area contributed by atoms with E-state index in [1.54, 1.807) is 12.1 Å². The summed E-state index contributed by atoms with van der Waals surface area (Å²) in [6.45, 7) is 5.19. The number of anilines is 1. The highest BCUT2D eigenvalue weighted by atomic mass is 32.2. The maximum atomic E-state index is 15.2. The molecule has 0 saturated carbocycles. The fraction of sp³-hybridized carbons (Fsp3) is 0.581. The number of benzene rings is 2. The van der Waals surface area contributed by atoms with Crippen LogP contribution in [0.15, 0.2) is 36.4 Å². The number of ether oxygens (including phenoxy) is 1. The van der Waals surface area contributed by atoms with Crippen molar-refractivity contribution in [2.24, 2.45) is 11.7 Å². The van der Waals surface area contributed by atoms with Gasteiger partial charge in [0, 0.05) is 48.9 Å². The van der Waals surface area contributed by atoms with E-state index in [0.717, 1.165) is 12.5 Å². The van der Waals surface area contributed by atoms with Crippen LogP contribution in [0.25, 0.3) is 0 Å². The van der Waals surface area contributed by atoms with Gasteiger partial charge in [-0.05, 0) is 88.1 Å². The molecule has 12 heteroatoms. The van der Waals surface area contributed by atoms with Crippen molar-refractivity contribution < 1.29 is 31.1 Å². The van der Waals surface area contributed by atoms with E-state index in [-0.39, 0.29) is 41.8 Å². The van der Waals surface area contributed by atoms with Crippen molar-refractivity contribution in [3.05, 3.63) is 65.0 Å². The van der Waals surface area contributed by atoms with E-state index in [9.17, 15) is 22.0 Å². The van der Waals surface area contributed by atoms with Crippen LogP contribution in [0.5, 0.6) is 0 Å². The van der Waals surface area contributed by atoms with E-state index in [4.69, 9.17) is 10.5 Å². The first-order valence-corrected chi connectivity index (χ1v) is 16.6. The summed E-state index contributed by atoms with van der Waals surface area (Å²) in [4.78, 5) is 13.7. The molecule has 43 heavy (non-hydrogen) atoms. The van der Waals surface area contributed by atoms with E-state index in [1.807, 2.05) is 13.8 Å². The molecule has 0 aliphatic carbocycles. The first kappa shape index (κ1) is 31.9. The van der Waals surface area contributed by atoms with Crippen LogP contribution in [0.1, 0.15) is 63.0 Å². The van der Waals surface area contributed by atoms with Crippen molar-refractivity contribution in [1.82, 2.24) is 9.62 Å². The van der Waals surface area contributed by atoms with E-state index in [2.05, 4.69) is 10.6 Å². The van der Waals surface area contributed by atoms with Crippen LogP contribution in [-0.2, 0) is 26.0 Å². The topological polar surface area (TPSA) is 114 Å². The van der Waals surface area contributed by atoms with Gasteiger partial charge in [-0.15, -0.1) is 0 Å². The standard InChI is InChI=1S/C31H41F3N4O4S/c1-31(2)16-20(13-14-42-31)27(19-5-7-21(32)8-6-19)29(35)30(39)37-26-12-11-25(33)28(34)24(26)10-9-23-17-36-22-4-3-15-43(40,41)38(23)18-22/h5-8,11-12,20,22-23,27,29,36H,3-4,9-10,13-18,35H2,1-2H3,(H,37,39)/t20?,22-,23+,27+,29+/m1/s1. The van der Waals surface area contributed by atoms with Gasteiger partial charge in [-0.1, -0.05) is 12.1 Å². The predicted octanol–water partition coefficient (Wildman–Crippen LogP) is 4.06. The smallest absolute Gasteiger partial charge is 0.241 e. The van der Waals surface area contributed by atoms with Crippen LogP contribution in [0.4, 0.5) is 18.9 Å². The fourth-order valence-corrected chi connectivity index (χ4v) is 8.74. The maximum absolute atomic E-state index is 15.2. The lowest BCUT2D eigenvalue weighted by molar-refractivity contribution is -0.119. The van der Waals surface area contributed by atoms with Crippen LogP contribution >= 0.6 is 0 Å². The number of carbonyl (C=O) groups excluding carboxylic acids is 1. The fourth-order valence-electron chi connectivity index (χ4n) is 6.93. The number of hydrogen-bond acceptors (Lipinski definition) is 6. The minimum Gasteiger partial charge on any atom is -0.376 e. The molecule has 5 rings (SSSR count). The quantitative estimate of drug-likeness (QED) is 0.410. The summed E-state index contributed by atoms with van der Waals surface area (Å²) in [6, 6.07) is 6.74. The lowest BCUT2D eigenvalue weighted by atomic mass is 9.73. The summed E-state index contributed by atoms with van der Waals surface area (Å²) < 4.78 is 76.5. The number of nitrogens with zero attached hydrogens (tertiary/aromatic N) is 1. The van der Waals surface area contributed by atoms with Gasteiger partial charge in [0.25, 0.3) is 0 Å². The number of nitrogens with one attached hydrogen (secondary N) is 2. The van der Waals surface area contributed by atoms with Gasteiger partial charge in [-0.3, -0.25) is 4.79 Å². The van der Waals surface area contributed by atoms with Gasteiger partial charge in [-0.2, -0.15) is 4.31 Å². The van der Waals surface area contributed by atoms with Gasteiger partial charge in [0.1, 0.15) is 5.82 Å². The van der Waals surface area contributed by atoms with Crippen LogP contribution in [0, 0.1) is 23.4 Å². The Bertz CT molecular complexity index is 1420. The highest BCUT2D eigenvalue weighted by Gasteiger charge is 2.40. The van der Waals surface area contributed by atoms with E-state index < -0.39 is 57.0 Å². The van der Waals surface area contributed by atoms with Crippen LogP contribution in [0.2, 0.25) is 0 Å². The first-order chi connectivity index (χ1) is 20.3. The number of fused-ring (bicyclic) bond motifs is 2. The number of carbonyl (C=O) groups is 1. The Balaban J connectivity index is 1.37. The summed E-state index contributed by atoms with van der Waals surface area (Å²) in [5.41, 5.74) is 6.93. The Morgan fingerprint density at radius 3 is 2.63 bits per heavy atom. The summed E-state index contributed by atoms with van der Waals surface area (Å²) in [5, 5.41) is 6.11. The van der Waals surface area contributed by atoms with Crippen molar-refractivity contribution in [2.45, 2.75) is 82.0 Å². The van der Waals surface area contributed by atoms with E-state index >= 15 is 4.39 Å². The molecule has 2 aromatic rings. The number of nitrogens with two attached hydrogens (primary N) is 1. The predicted molar refractivity (Wildman–Crippen MR) is 158 cm³/mol. The summed E-state index contributed by atoms with van der Waals surface area (Å²) in [6.07, 6.45) is 2.86. The number of piperazine rings is 1. The number of rotatable bonds is 8. The normalized spacial score (nSPS) is 28.0. The highest BCUT2D eigenvalue weighted by Crippen LogP contribution is 2.40. The molecular formula is C31H41F3N4O4S. The zero-order valence-corrected chi connectivity index (χ0v) is 25.4. The molecule has 0 radical (unpaired) electrons. The Morgan fingerprint density at radius 2 is 1.91 bits per heavy atom. The maximum Gasteiger partial charge on any atom is 0.241 e. The Morgan fingerprint density at radius 1 is 1.16 bits per heavy atom. The van der Waals surface area contributed by atoms with Gasteiger partial charge >= 0.3 is 0 Å². The zero-order chi connectivity index (χ0) is 30.9. The zero-order valence-electron chi connectivity index (χ0n) is 24.6. The van der Waals surface area contributed by atoms with Gasteiger partial charge in [0.15, 0.2) is 11.6 Å². The number of hydrogen-bond donors (Lipinski definition) is 3. The van der Waals surface area contributed by atoms with Crippen molar-refractivity contribution >= 4 is 21.6 Å². The van der Waals surface area contributed by atoms with Gasteiger partial charge in [0.05, 0.1) is 17.4 Å². The van der Waals surface area contributed by atoms with Crippen molar-refractivity contribution in [1.29, 1.82) is 0 Å². The molecule has 6 atom stereocenters. The number of halogens is 3. The second-order valence-corrected chi connectivity index (χ2v) is 14.7. The molecule has 3 aliphatic heterocycles. The van der Waals surface area contributed by atoms with E-state index in [0.29, 0.717) is 44.5 Å². The molecule has 3 aliphatic rings. The molecule has 3 saturated heterocycles. The third kappa shape index (κ3) is 7.25. The minimum absolute atomic E-state index is 0.00697. The summed E-state index contributed by atoms with van der Waals surface area (Å²) in [5.74, 6) is -3.60. The van der Waals surface area contributed by atoms with Crippen molar-refractivity contribution in [2.75, 3.05) is 30.8 Å². The van der Waals surface area contributed by atoms with Crippen LogP contribution < -0.4 is 16.4 Å². The van der Waals surface area contributed by atoms with Crippen LogP contribution in [0.3, 0.4) is 0 Å².